The van der Waals surface area contributed by atoms with Crippen molar-refractivity contribution in [2.45, 2.75) is 0 Å². The van der Waals surface area contributed by atoms with Crippen LogP contribution in [0.1, 0.15) is 10.5 Å². The van der Waals surface area contributed by atoms with Gasteiger partial charge in [-0.05, 0) is 0 Å². The number of aliphatic imine (C=N–C) groups is 1. The van der Waals surface area contributed by atoms with E-state index >= 15 is 0 Å². The molecule has 0 aromatic carbocycles. The molecule has 92 valence electrons. The van der Waals surface area contributed by atoms with Gasteiger partial charge in [-0.3, -0.25) is 0 Å². The maximum Gasteiger partial charge on any atom is 0.358 e. The molecular formula is C10H11ClFN3O2. The van der Waals surface area contributed by atoms with E-state index in [1.807, 2.05) is 0 Å². The summed E-state index contributed by atoms with van der Waals surface area (Å²) in [6.45, 7) is 0. The predicted molar refractivity (Wildman–Crippen MR) is 62.4 cm³/mol. The molecule has 0 unspecified atom stereocenters. The highest BCUT2D eigenvalue weighted by Gasteiger charge is 2.17. The van der Waals surface area contributed by atoms with Gasteiger partial charge in [0.15, 0.2) is 16.7 Å². The van der Waals surface area contributed by atoms with Gasteiger partial charge in [-0.25, -0.2) is 19.2 Å². The molecule has 0 saturated heterocycles. The summed E-state index contributed by atoms with van der Waals surface area (Å²) in [5, 5.41) is -0.394. The Hall–Kier alpha value is -1.69. The summed E-state index contributed by atoms with van der Waals surface area (Å²) in [4.78, 5) is 20.5. The van der Waals surface area contributed by atoms with Crippen LogP contribution < -0.4 is 0 Å². The van der Waals surface area contributed by atoms with E-state index in [0.29, 0.717) is 0 Å². The summed E-state index contributed by atoms with van der Waals surface area (Å²) in [5.41, 5.74) is -0.0653. The van der Waals surface area contributed by atoms with Gasteiger partial charge in [0.1, 0.15) is 5.69 Å². The van der Waals surface area contributed by atoms with E-state index in [1.54, 1.807) is 19.0 Å². The Morgan fingerprint density at radius 2 is 2.29 bits per heavy atom. The highest BCUT2D eigenvalue weighted by atomic mass is 35.5. The van der Waals surface area contributed by atoms with E-state index in [-0.39, 0.29) is 11.4 Å². The van der Waals surface area contributed by atoms with Crippen molar-refractivity contribution < 1.29 is 13.9 Å². The molecule has 1 aromatic heterocycles. The number of carbonyl (C=O) groups is 1. The van der Waals surface area contributed by atoms with E-state index < -0.39 is 16.9 Å². The summed E-state index contributed by atoms with van der Waals surface area (Å²) >= 11 is 5.49. The number of pyridine rings is 1. The Morgan fingerprint density at radius 1 is 1.65 bits per heavy atom. The fourth-order valence-corrected chi connectivity index (χ4v) is 1.12. The van der Waals surface area contributed by atoms with Crippen molar-refractivity contribution in [1.29, 1.82) is 0 Å². The van der Waals surface area contributed by atoms with E-state index in [4.69, 9.17) is 11.6 Å². The number of hydrogen-bond donors (Lipinski definition) is 0. The molecule has 1 heterocycles. The fraction of sp³-hybridized carbons (Fsp3) is 0.300. The summed E-state index contributed by atoms with van der Waals surface area (Å²) in [7, 11) is 4.67. The van der Waals surface area contributed by atoms with Gasteiger partial charge < -0.3 is 9.64 Å². The molecule has 0 saturated carbocycles. The first kappa shape index (κ1) is 13.4. The lowest BCUT2D eigenvalue weighted by Crippen LogP contribution is -2.09. The molecule has 0 atom stereocenters. The van der Waals surface area contributed by atoms with Crippen molar-refractivity contribution in [1.82, 2.24) is 9.88 Å². The Morgan fingerprint density at radius 3 is 2.82 bits per heavy atom. The number of methoxy groups -OCH3 is 1. The predicted octanol–water partition coefficient (Wildman–Crippen LogP) is 1.88. The molecule has 0 spiro atoms. The van der Waals surface area contributed by atoms with Gasteiger partial charge in [0.05, 0.1) is 13.4 Å². The van der Waals surface area contributed by atoms with Crippen molar-refractivity contribution in [3.8, 4) is 0 Å². The third-order valence-corrected chi connectivity index (χ3v) is 1.98. The highest BCUT2D eigenvalue weighted by Crippen LogP contribution is 2.23. The lowest BCUT2D eigenvalue weighted by molar-refractivity contribution is 0.0595. The summed E-state index contributed by atoms with van der Waals surface area (Å²) in [5.74, 6) is -1.47. The second kappa shape index (κ2) is 5.58. The number of ether oxygens (including phenoxy) is 1. The Kier molecular flexibility index (Phi) is 4.39. The molecule has 7 heteroatoms. The van der Waals surface area contributed by atoms with Crippen LogP contribution in [0.15, 0.2) is 11.1 Å². The maximum absolute atomic E-state index is 13.2. The van der Waals surface area contributed by atoms with Crippen LogP contribution in [0.3, 0.4) is 0 Å². The molecule has 0 aliphatic heterocycles. The number of aromatic nitrogens is 1. The molecule has 0 radical (unpaired) electrons. The normalized spacial score (nSPS) is 10.6. The van der Waals surface area contributed by atoms with Crippen molar-refractivity contribution >= 4 is 29.6 Å². The minimum Gasteiger partial charge on any atom is -0.464 e. The lowest BCUT2D eigenvalue weighted by Gasteiger charge is -2.06. The largest absolute Gasteiger partial charge is 0.464 e. The number of nitrogens with zero attached hydrogens (tertiary/aromatic N) is 3. The number of halogens is 2. The average Bonchev–Trinajstić information content (AvgIpc) is 2.29. The van der Waals surface area contributed by atoms with Gasteiger partial charge in [0.25, 0.3) is 0 Å². The van der Waals surface area contributed by atoms with Crippen LogP contribution >= 0.6 is 11.6 Å². The summed E-state index contributed by atoms with van der Waals surface area (Å²) < 4.78 is 17.7. The van der Waals surface area contributed by atoms with E-state index in [2.05, 4.69) is 14.7 Å². The van der Waals surface area contributed by atoms with Crippen LogP contribution in [0.5, 0.6) is 0 Å². The molecule has 0 N–H and O–H groups in total. The molecule has 1 aromatic rings. The van der Waals surface area contributed by atoms with Crippen molar-refractivity contribution in [2.24, 2.45) is 4.99 Å². The van der Waals surface area contributed by atoms with Crippen LogP contribution in [-0.4, -0.2) is 43.4 Å². The minimum atomic E-state index is -0.745. The Balaban J connectivity index is 3.25. The van der Waals surface area contributed by atoms with Crippen LogP contribution in [-0.2, 0) is 4.74 Å². The van der Waals surface area contributed by atoms with Gasteiger partial charge in [-0.2, -0.15) is 0 Å². The molecule has 0 aliphatic rings. The third-order valence-electron chi connectivity index (χ3n) is 1.72. The molecule has 0 fully saturated rings. The summed E-state index contributed by atoms with van der Waals surface area (Å²) in [6, 6.07) is 1.03. The van der Waals surface area contributed by atoms with Gasteiger partial charge in [-0.1, -0.05) is 11.6 Å². The zero-order valence-electron chi connectivity index (χ0n) is 9.57. The van der Waals surface area contributed by atoms with Gasteiger partial charge in [0.2, 0.25) is 0 Å². The molecule has 5 nitrogen and oxygen atoms in total. The Labute approximate surface area is 103 Å². The van der Waals surface area contributed by atoms with Gasteiger partial charge in [-0.15, -0.1) is 0 Å². The lowest BCUT2D eigenvalue weighted by atomic mass is 10.3. The molecule has 1 rings (SSSR count). The first-order chi connectivity index (χ1) is 7.95. The molecule has 0 amide bonds. The van der Waals surface area contributed by atoms with Crippen LogP contribution in [0.2, 0.25) is 5.15 Å². The van der Waals surface area contributed by atoms with E-state index in [9.17, 15) is 9.18 Å². The van der Waals surface area contributed by atoms with Gasteiger partial charge >= 0.3 is 5.97 Å². The molecule has 0 bridgehead atoms. The van der Waals surface area contributed by atoms with Gasteiger partial charge in [0, 0.05) is 20.2 Å². The number of rotatable bonds is 3. The standard InChI is InChI=1S/C10H11ClFN3O2/c1-15(2)5-13-7-4-6(12)9(11)14-8(7)10(16)17-3/h4-5H,1-3H3. The number of hydrogen-bond acceptors (Lipinski definition) is 4. The molecule has 0 aliphatic carbocycles. The zero-order valence-corrected chi connectivity index (χ0v) is 10.3. The monoisotopic (exact) mass is 259 g/mol. The minimum absolute atomic E-state index is 0.0625. The molecule has 17 heavy (non-hydrogen) atoms. The first-order valence-electron chi connectivity index (χ1n) is 4.60. The topological polar surface area (TPSA) is 54.8 Å². The first-order valence-corrected chi connectivity index (χ1v) is 4.98. The van der Waals surface area contributed by atoms with E-state index in [0.717, 1.165) is 6.07 Å². The maximum atomic E-state index is 13.2. The third kappa shape index (κ3) is 3.39. The second-order valence-corrected chi connectivity index (χ2v) is 3.69. The SMILES string of the molecule is COC(=O)c1nc(Cl)c(F)cc1N=CN(C)C. The molecular weight excluding hydrogens is 249 g/mol. The average molecular weight is 260 g/mol. The smallest absolute Gasteiger partial charge is 0.358 e. The van der Waals surface area contributed by atoms with Crippen molar-refractivity contribution in [3.63, 3.8) is 0 Å². The second-order valence-electron chi connectivity index (χ2n) is 3.33. The number of carbonyl (C=O) groups excluding carboxylic acids is 1. The quantitative estimate of drug-likeness (QED) is 0.360. The number of esters is 1. The highest BCUT2D eigenvalue weighted by molar-refractivity contribution is 6.29. The van der Waals surface area contributed by atoms with E-state index in [1.165, 1.54) is 13.4 Å². The van der Waals surface area contributed by atoms with Crippen LogP contribution in [0.25, 0.3) is 0 Å². The van der Waals surface area contributed by atoms with Crippen LogP contribution in [0.4, 0.5) is 10.1 Å². The Bertz CT molecular complexity index is 463. The van der Waals surface area contributed by atoms with Crippen LogP contribution in [0, 0.1) is 5.82 Å². The fourth-order valence-electron chi connectivity index (χ4n) is 0.980. The summed E-state index contributed by atoms with van der Waals surface area (Å²) in [6.07, 6.45) is 1.41. The van der Waals surface area contributed by atoms with Crippen molar-refractivity contribution in [2.75, 3.05) is 21.2 Å². The zero-order chi connectivity index (χ0) is 13.0. The van der Waals surface area contributed by atoms with Crippen molar-refractivity contribution in [3.05, 3.63) is 22.7 Å².